The minimum Gasteiger partial charge on any atom is -0.328 e. The van der Waals surface area contributed by atoms with Crippen LogP contribution in [0, 0.1) is 6.92 Å². The van der Waals surface area contributed by atoms with Crippen molar-refractivity contribution in [2.75, 3.05) is 0 Å². The zero-order valence-corrected chi connectivity index (χ0v) is 14.4. The highest BCUT2D eigenvalue weighted by Gasteiger charge is 2.25. The van der Waals surface area contributed by atoms with E-state index in [2.05, 4.69) is 15.9 Å². The maximum atomic E-state index is 12.3. The molecule has 21 heavy (non-hydrogen) atoms. The topological polar surface area (TPSA) is 69.4 Å². The van der Waals surface area contributed by atoms with E-state index in [4.69, 9.17) is 9.92 Å². The minimum absolute atomic E-state index is 0.0926. The highest BCUT2D eigenvalue weighted by atomic mass is 79.9. The Labute approximate surface area is 134 Å². The van der Waals surface area contributed by atoms with Crippen LogP contribution < -0.4 is 5.73 Å². The van der Waals surface area contributed by atoms with E-state index in [0.29, 0.717) is 6.42 Å². The van der Waals surface area contributed by atoms with Crippen molar-refractivity contribution in [3.63, 3.8) is 0 Å². The summed E-state index contributed by atoms with van der Waals surface area (Å²) in [5.41, 5.74) is 6.96. The van der Waals surface area contributed by atoms with Gasteiger partial charge in [-0.05, 0) is 44.7 Å². The van der Waals surface area contributed by atoms with Crippen molar-refractivity contribution >= 4 is 26.0 Å². The van der Waals surface area contributed by atoms with Gasteiger partial charge in [0.25, 0.3) is 10.1 Å². The Hall–Kier alpha value is -0.690. The van der Waals surface area contributed by atoms with Crippen molar-refractivity contribution in [2.24, 2.45) is 5.73 Å². The van der Waals surface area contributed by atoms with Crippen LogP contribution in [0.2, 0.25) is 0 Å². The number of rotatable bonds is 3. The van der Waals surface area contributed by atoms with Crippen LogP contribution >= 0.6 is 15.9 Å². The van der Waals surface area contributed by atoms with Crippen LogP contribution in [-0.4, -0.2) is 20.6 Å². The average molecular weight is 374 g/mol. The quantitative estimate of drug-likeness (QED) is 0.825. The average Bonchev–Trinajstić information content (AvgIpc) is 2.42. The fourth-order valence-electron chi connectivity index (χ4n) is 2.22. The molecule has 1 aromatic rings. The van der Waals surface area contributed by atoms with E-state index in [9.17, 15) is 8.42 Å². The fourth-order valence-corrected chi connectivity index (χ4v) is 3.98. The zero-order valence-electron chi connectivity index (χ0n) is 12.0. The standard InChI is InChI=1S/C15H20BrNO3S/c1-11-5-8-13(9-6-11)21(18,19)20-15-10-7-12(17)3-2-4-14(15)16/h4-6,8-9,12,15H,2-3,7,10,17H2,1H3/b14-4-. The third-order valence-electron chi connectivity index (χ3n) is 3.54. The maximum Gasteiger partial charge on any atom is 0.297 e. The molecule has 4 nitrogen and oxygen atoms in total. The first kappa shape index (κ1) is 16.7. The molecule has 2 atom stereocenters. The highest BCUT2D eigenvalue weighted by Crippen LogP contribution is 2.27. The van der Waals surface area contributed by atoms with Crippen LogP contribution in [0.15, 0.2) is 39.7 Å². The van der Waals surface area contributed by atoms with Gasteiger partial charge >= 0.3 is 0 Å². The summed E-state index contributed by atoms with van der Waals surface area (Å²) in [4.78, 5) is 0.180. The van der Waals surface area contributed by atoms with Crippen molar-refractivity contribution in [2.45, 2.75) is 49.6 Å². The molecule has 1 aliphatic carbocycles. The van der Waals surface area contributed by atoms with E-state index in [0.717, 1.165) is 29.3 Å². The molecule has 2 N–H and O–H groups in total. The Morgan fingerprint density at radius 2 is 1.86 bits per heavy atom. The van der Waals surface area contributed by atoms with Crippen LogP contribution in [-0.2, 0) is 14.3 Å². The van der Waals surface area contributed by atoms with Crippen LogP contribution in [0.5, 0.6) is 0 Å². The number of allylic oxidation sites excluding steroid dienone is 1. The first-order valence-corrected chi connectivity index (χ1v) is 9.20. The Morgan fingerprint density at radius 3 is 2.52 bits per heavy atom. The summed E-state index contributed by atoms with van der Waals surface area (Å²) in [5, 5.41) is 0. The summed E-state index contributed by atoms with van der Waals surface area (Å²) >= 11 is 3.43. The summed E-state index contributed by atoms with van der Waals surface area (Å²) in [6, 6.07) is 6.74. The van der Waals surface area contributed by atoms with E-state index in [1.807, 2.05) is 13.0 Å². The van der Waals surface area contributed by atoms with E-state index in [1.54, 1.807) is 24.3 Å². The lowest BCUT2D eigenvalue weighted by Gasteiger charge is -2.22. The molecule has 0 heterocycles. The molecule has 0 saturated heterocycles. The second-order valence-corrected chi connectivity index (χ2v) is 7.84. The van der Waals surface area contributed by atoms with Crippen LogP contribution in [0.3, 0.4) is 0 Å². The third-order valence-corrected chi connectivity index (χ3v) is 5.71. The van der Waals surface area contributed by atoms with Gasteiger partial charge in [0.15, 0.2) is 0 Å². The van der Waals surface area contributed by atoms with Gasteiger partial charge in [-0.25, -0.2) is 0 Å². The molecule has 6 heteroatoms. The smallest absolute Gasteiger partial charge is 0.297 e. The van der Waals surface area contributed by atoms with Gasteiger partial charge in [-0.1, -0.05) is 39.7 Å². The van der Waals surface area contributed by atoms with Gasteiger partial charge in [0, 0.05) is 10.5 Å². The van der Waals surface area contributed by atoms with E-state index in [1.165, 1.54) is 0 Å². The molecular weight excluding hydrogens is 354 g/mol. The Kier molecular flexibility index (Phi) is 5.60. The molecular formula is C15H20BrNO3S. The molecule has 0 saturated carbocycles. The lowest BCUT2D eigenvalue weighted by atomic mass is 10.0. The first-order chi connectivity index (χ1) is 9.88. The zero-order chi connectivity index (χ0) is 15.5. The van der Waals surface area contributed by atoms with Crippen molar-refractivity contribution in [3.05, 3.63) is 40.4 Å². The van der Waals surface area contributed by atoms with Gasteiger partial charge in [-0.15, -0.1) is 0 Å². The van der Waals surface area contributed by atoms with Crippen LogP contribution in [0.1, 0.15) is 31.2 Å². The summed E-state index contributed by atoms with van der Waals surface area (Å²) < 4.78 is 30.9. The lowest BCUT2D eigenvalue weighted by molar-refractivity contribution is 0.231. The predicted molar refractivity (Wildman–Crippen MR) is 86.7 cm³/mol. The van der Waals surface area contributed by atoms with Crippen molar-refractivity contribution in [1.82, 2.24) is 0 Å². The van der Waals surface area contributed by atoms with Crippen LogP contribution in [0.4, 0.5) is 0 Å². The van der Waals surface area contributed by atoms with Crippen molar-refractivity contribution < 1.29 is 12.6 Å². The molecule has 0 spiro atoms. The van der Waals surface area contributed by atoms with Crippen molar-refractivity contribution in [1.29, 1.82) is 0 Å². The Morgan fingerprint density at radius 1 is 1.19 bits per heavy atom. The number of benzene rings is 1. The monoisotopic (exact) mass is 373 g/mol. The van der Waals surface area contributed by atoms with Gasteiger partial charge in [0.1, 0.15) is 6.10 Å². The second kappa shape index (κ2) is 7.05. The van der Waals surface area contributed by atoms with Gasteiger partial charge in [-0.3, -0.25) is 4.18 Å². The normalized spacial score (nSPS) is 26.5. The Bertz CT molecular complexity index is 610. The molecule has 0 radical (unpaired) electrons. The molecule has 0 aliphatic heterocycles. The number of aryl methyl sites for hydroxylation is 1. The summed E-state index contributed by atoms with van der Waals surface area (Å²) in [6.45, 7) is 1.91. The number of hydrogen-bond acceptors (Lipinski definition) is 4. The van der Waals surface area contributed by atoms with Crippen LogP contribution in [0.25, 0.3) is 0 Å². The number of hydrogen-bond donors (Lipinski definition) is 1. The van der Waals surface area contributed by atoms with E-state index in [-0.39, 0.29) is 10.9 Å². The third kappa shape index (κ3) is 4.64. The summed E-state index contributed by atoms with van der Waals surface area (Å²) in [7, 11) is -3.77. The number of nitrogens with two attached hydrogens (primary N) is 1. The van der Waals surface area contributed by atoms with Gasteiger partial charge in [0.05, 0.1) is 4.90 Å². The highest BCUT2D eigenvalue weighted by molar-refractivity contribution is 9.11. The molecule has 2 rings (SSSR count). The minimum atomic E-state index is -3.77. The molecule has 0 bridgehead atoms. The van der Waals surface area contributed by atoms with Gasteiger partial charge in [-0.2, -0.15) is 8.42 Å². The largest absolute Gasteiger partial charge is 0.328 e. The van der Waals surface area contributed by atoms with Gasteiger partial charge < -0.3 is 5.73 Å². The molecule has 116 valence electrons. The first-order valence-electron chi connectivity index (χ1n) is 6.99. The van der Waals surface area contributed by atoms with E-state index < -0.39 is 16.2 Å². The molecule has 0 fully saturated rings. The molecule has 0 aromatic heterocycles. The fraction of sp³-hybridized carbons (Fsp3) is 0.467. The van der Waals surface area contributed by atoms with Crippen molar-refractivity contribution in [3.8, 4) is 0 Å². The van der Waals surface area contributed by atoms with Gasteiger partial charge in [0.2, 0.25) is 0 Å². The molecule has 2 unspecified atom stereocenters. The SMILES string of the molecule is Cc1ccc(S(=O)(=O)OC2CCC(N)CC/C=C/2Br)cc1. The summed E-state index contributed by atoms with van der Waals surface area (Å²) in [5.74, 6) is 0. The number of halogens is 1. The second-order valence-electron chi connectivity index (χ2n) is 5.36. The Balaban J connectivity index is 2.18. The molecule has 1 aliphatic rings. The lowest BCUT2D eigenvalue weighted by Crippen LogP contribution is -2.26. The summed E-state index contributed by atoms with van der Waals surface area (Å²) in [6.07, 6.45) is 4.52. The maximum absolute atomic E-state index is 12.3. The predicted octanol–water partition coefficient (Wildman–Crippen LogP) is 3.25. The molecule has 0 amide bonds. The molecule has 1 aromatic carbocycles. The van der Waals surface area contributed by atoms with E-state index >= 15 is 0 Å².